The minimum Gasteiger partial charge on any atom is -0.443 e. The molecule has 0 bridgehead atoms. The molecule has 0 aliphatic carbocycles. The highest BCUT2D eigenvalue weighted by molar-refractivity contribution is 5.97. The highest BCUT2D eigenvalue weighted by Crippen LogP contribution is 2.23. The van der Waals surface area contributed by atoms with Crippen LogP contribution in [0.25, 0.3) is 11.3 Å². The third-order valence-electron chi connectivity index (χ3n) is 3.90. The Hall–Kier alpha value is -2.89. The van der Waals surface area contributed by atoms with E-state index in [4.69, 9.17) is 8.94 Å². The molecule has 1 N–H and O–H groups in total. The zero-order chi connectivity index (χ0) is 17.1. The smallest absolute Gasteiger partial charge is 0.273 e. The second-order valence-corrected chi connectivity index (χ2v) is 5.71. The molecule has 0 saturated carbocycles. The lowest BCUT2D eigenvalue weighted by Gasteiger charge is -2.05. The number of hydrogen-bond acceptors (Lipinski definition) is 5. The van der Waals surface area contributed by atoms with E-state index in [0.29, 0.717) is 24.4 Å². The number of nitrogens with zero attached hydrogens (tertiary/aromatic N) is 2. The Kier molecular flexibility index (Phi) is 4.46. The summed E-state index contributed by atoms with van der Waals surface area (Å²) in [5.41, 5.74) is 4.09. The van der Waals surface area contributed by atoms with E-state index in [-0.39, 0.29) is 5.91 Å². The lowest BCUT2D eigenvalue weighted by molar-refractivity contribution is 0.0950. The standard InChI is InChI=1S/C18H19N3O3/c1-11-5-4-6-14(9-11)17-16(20-10-23-17)18(22)19-8-7-15-12(2)21-24-13(15)3/h4-6,9-10H,7-8H2,1-3H3,(H,19,22). The van der Waals surface area contributed by atoms with Gasteiger partial charge in [0.1, 0.15) is 5.76 Å². The molecule has 3 aromatic rings. The van der Waals surface area contributed by atoms with Gasteiger partial charge in [0.15, 0.2) is 17.8 Å². The molecular weight excluding hydrogens is 306 g/mol. The maximum absolute atomic E-state index is 12.4. The quantitative estimate of drug-likeness (QED) is 0.779. The number of aryl methyl sites for hydroxylation is 3. The summed E-state index contributed by atoms with van der Waals surface area (Å²) in [5.74, 6) is 1.00. The van der Waals surface area contributed by atoms with Gasteiger partial charge in [0.2, 0.25) is 0 Å². The van der Waals surface area contributed by atoms with Crippen molar-refractivity contribution in [2.45, 2.75) is 27.2 Å². The molecule has 0 aliphatic rings. The molecule has 6 nitrogen and oxygen atoms in total. The third kappa shape index (κ3) is 3.22. The summed E-state index contributed by atoms with van der Waals surface area (Å²) < 4.78 is 10.5. The van der Waals surface area contributed by atoms with Gasteiger partial charge < -0.3 is 14.3 Å². The summed E-state index contributed by atoms with van der Waals surface area (Å²) in [5, 5.41) is 6.78. The fourth-order valence-electron chi connectivity index (χ4n) is 2.64. The topological polar surface area (TPSA) is 81.2 Å². The Morgan fingerprint density at radius 3 is 2.79 bits per heavy atom. The molecule has 2 aromatic heterocycles. The second-order valence-electron chi connectivity index (χ2n) is 5.71. The number of rotatable bonds is 5. The first-order chi connectivity index (χ1) is 11.6. The molecule has 3 rings (SSSR count). The van der Waals surface area contributed by atoms with Crippen LogP contribution < -0.4 is 5.32 Å². The summed E-state index contributed by atoms with van der Waals surface area (Å²) >= 11 is 0. The minimum absolute atomic E-state index is 0.257. The van der Waals surface area contributed by atoms with Crippen LogP contribution in [-0.2, 0) is 6.42 Å². The largest absolute Gasteiger partial charge is 0.443 e. The summed E-state index contributed by atoms with van der Waals surface area (Å²) in [4.78, 5) is 16.5. The van der Waals surface area contributed by atoms with Gasteiger partial charge in [0.05, 0.1) is 5.69 Å². The molecule has 0 unspecified atom stereocenters. The van der Waals surface area contributed by atoms with Crippen LogP contribution in [0, 0.1) is 20.8 Å². The lowest BCUT2D eigenvalue weighted by atomic mass is 10.1. The normalized spacial score (nSPS) is 10.8. The van der Waals surface area contributed by atoms with Gasteiger partial charge in [-0.3, -0.25) is 4.79 Å². The summed E-state index contributed by atoms with van der Waals surface area (Å²) in [7, 11) is 0. The van der Waals surface area contributed by atoms with Crippen LogP contribution in [0.4, 0.5) is 0 Å². The second kappa shape index (κ2) is 6.70. The minimum atomic E-state index is -0.257. The molecule has 0 saturated heterocycles. The van der Waals surface area contributed by atoms with Crippen molar-refractivity contribution in [1.82, 2.24) is 15.5 Å². The maximum atomic E-state index is 12.4. The van der Waals surface area contributed by atoms with Gasteiger partial charge in [-0.05, 0) is 33.3 Å². The highest BCUT2D eigenvalue weighted by Gasteiger charge is 2.18. The number of carbonyl (C=O) groups excluding carboxylic acids is 1. The van der Waals surface area contributed by atoms with E-state index in [9.17, 15) is 4.79 Å². The zero-order valence-electron chi connectivity index (χ0n) is 13.9. The van der Waals surface area contributed by atoms with E-state index < -0.39 is 0 Å². The van der Waals surface area contributed by atoms with Crippen molar-refractivity contribution in [1.29, 1.82) is 0 Å². The molecule has 0 spiro atoms. The molecule has 1 amide bonds. The van der Waals surface area contributed by atoms with E-state index in [2.05, 4.69) is 15.5 Å². The van der Waals surface area contributed by atoms with E-state index in [0.717, 1.165) is 28.1 Å². The van der Waals surface area contributed by atoms with Crippen LogP contribution in [0.2, 0.25) is 0 Å². The monoisotopic (exact) mass is 325 g/mol. The number of carbonyl (C=O) groups is 1. The van der Waals surface area contributed by atoms with Crippen LogP contribution in [0.15, 0.2) is 39.6 Å². The van der Waals surface area contributed by atoms with Crippen molar-refractivity contribution in [3.8, 4) is 11.3 Å². The van der Waals surface area contributed by atoms with Crippen molar-refractivity contribution >= 4 is 5.91 Å². The molecular formula is C18H19N3O3. The first-order valence-corrected chi connectivity index (χ1v) is 7.76. The van der Waals surface area contributed by atoms with Crippen molar-refractivity contribution < 1.29 is 13.7 Å². The molecule has 0 fully saturated rings. The third-order valence-corrected chi connectivity index (χ3v) is 3.90. The van der Waals surface area contributed by atoms with Gasteiger partial charge in [-0.25, -0.2) is 4.98 Å². The van der Waals surface area contributed by atoms with Gasteiger partial charge in [-0.2, -0.15) is 0 Å². The molecule has 2 heterocycles. The average molecular weight is 325 g/mol. The van der Waals surface area contributed by atoms with Gasteiger partial charge >= 0.3 is 0 Å². The number of benzene rings is 1. The molecule has 1 aromatic carbocycles. The molecule has 0 atom stereocenters. The van der Waals surface area contributed by atoms with Gasteiger partial charge in [0.25, 0.3) is 5.91 Å². The predicted molar refractivity (Wildman–Crippen MR) is 88.7 cm³/mol. The Bertz CT molecular complexity index is 845. The van der Waals surface area contributed by atoms with Crippen LogP contribution in [0.3, 0.4) is 0 Å². The SMILES string of the molecule is Cc1cccc(-c2ocnc2C(=O)NCCc2c(C)noc2C)c1. The van der Waals surface area contributed by atoms with Crippen LogP contribution in [0.5, 0.6) is 0 Å². The zero-order valence-corrected chi connectivity index (χ0v) is 13.9. The number of hydrogen-bond donors (Lipinski definition) is 1. The van der Waals surface area contributed by atoms with Crippen LogP contribution >= 0.6 is 0 Å². The van der Waals surface area contributed by atoms with Crippen LogP contribution in [-0.4, -0.2) is 22.6 Å². The van der Waals surface area contributed by atoms with Gasteiger partial charge in [-0.1, -0.05) is 28.9 Å². The maximum Gasteiger partial charge on any atom is 0.273 e. The van der Waals surface area contributed by atoms with Crippen molar-refractivity contribution in [3.05, 3.63) is 58.9 Å². The Balaban J connectivity index is 1.69. The van der Waals surface area contributed by atoms with E-state index in [1.54, 1.807) is 0 Å². The summed E-state index contributed by atoms with van der Waals surface area (Å²) in [6, 6.07) is 7.77. The first kappa shape index (κ1) is 16.0. The van der Waals surface area contributed by atoms with Crippen molar-refractivity contribution in [2.75, 3.05) is 6.54 Å². The van der Waals surface area contributed by atoms with Crippen molar-refractivity contribution in [3.63, 3.8) is 0 Å². The number of amides is 1. The molecule has 124 valence electrons. The Labute approximate surface area is 139 Å². The lowest BCUT2D eigenvalue weighted by Crippen LogP contribution is -2.26. The molecule has 0 aliphatic heterocycles. The average Bonchev–Trinajstić information content (AvgIpc) is 3.16. The van der Waals surface area contributed by atoms with E-state index in [1.807, 2.05) is 45.0 Å². The van der Waals surface area contributed by atoms with Gasteiger partial charge in [-0.15, -0.1) is 0 Å². The van der Waals surface area contributed by atoms with Crippen molar-refractivity contribution in [2.24, 2.45) is 0 Å². The fraction of sp³-hybridized carbons (Fsp3) is 0.278. The highest BCUT2D eigenvalue weighted by atomic mass is 16.5. The first-order valence-electron chi connectivity index (χ1n) is 7.76. The number of oxazole rings is 1. The summed E-state index contributed by atoms with van der Waals surface area (Å²) in [6.07, 6.45) is 1.95. The van der Waals surface area contributed by atoms with Crippen LogP contribution in [0.1, 0.15) is 33.1 Å². The number of nitrogens with one attached hydrogen (secondary N) is 1. The summed E-state index contributed by atoms with van der Waals surface area (Å²) in [6.45, 7) is 6.22. The van der Waals surface area contributed by atoms with E-state index >= 15 is 0 Å². The molecule has 0 radical (unpaired) electrons. The van der Waals surface area contributed by atoms with Gasteiger partial charge in [0, 0.05) is 17.7 Å². The molecule has 6 heteroatoms. The Morgan fingerprint density at radius 2 is 2.08 bits per heavy atom. The fourth-order valence-corrected chi connectivity index (χ4v) is 2.64. The Morgan fingerprint density at radius 1 is 1.25 bits per heavy atom. The van der Waals surface area contributed by atoms with E-state index in [1.165, 1.54) is 6.39 Å². The predicted octanol–water partition coefficient (Wildman–Crippen LogP) is 3.23. The molecule has 24 heavy (non-hydrogen) atoms. The number of aromatic nitrogens is 2.